The monoisotopic (exact) mass is 356 g/mol. The van der Waals surface area contributed by atoms with Gasteiger partial charge in [0.25, 0.3) is 5.91 Å². The lowest BCUT2D eigenvalue weighted by Crippen LogP contribution is -2.31. The highest BCUT2D eigenvalue weighted by Crippen LogP contribution is 2.31. The number of pyridine rings is 1. The Bertz CT molecular complexity index is 897. The summed E-state index contributed by atoms with van der Waals surface area (Å²) in [5.74, 6) is 0.554. The summed E-state index contributed by atoms with van der Waals surface area (Å²) in [5, 5.41) is 12.1. The molecule has 0 spiro atoms. The molecule has 128 valence electrons. The molecule has 1 amide bonds. The van der Waals surface area contributed by atoms with E-state index in [0.717, 1.165) is 36.3 Å². The van der Waals surface area contributed by atoms with Gasteiger partial charge in [0.15, 0.2) is 11.5 Å². The molecule has 0 aliphatic heterocycles. The molecule has 25 heavy (non-hydrogen) atoms. The highest BCUT2D eigenvalue weighted by atomic mass is 35.5. The van der Waals surface area contributed by atoms with Crippen molar-refractivity contribution in [2.24, 2.45) is 7.05 Å². The first-order valence-electron chi connectivity index (χ1n) is 8.12. The zero-order valence-corrected chi connectivity index (χ0v) is 14.4. The number of carbonyl (C=O) groups excluding carboxylic acids is 1. The van der Waals surface area contributed by atoms with Crippen molar-refractivity contribution in [3.8, 4) is 5.82 Å². The molecule has 1 aliphatic rings. The van der Waals surface area contributed by atoms with Crippen LogP contribution in [0.1, 0.15) is 40.6 Å². The number of hydrogen-bond acceptors (Lipinski definition) is 4. The Balaban J connectivity index is 1.60. The number of aryl methyl sites for hydroxylation is 1. The summed E-state index contributed by atoms with van der Waals surface area (Å²) < 4.78 is 3.33. The van der Waals surface area contributed by atoms with Crippen LogP contribution in [0.4, 0.5) is 0 Å². The van der Waals surface area contributed by atoms with Crippen molar-refractivity contribution >= 4 is 17.5 Å². The fourth-order valence-electron chi connectivity index (χ4n) is 3.17. The molecule has 0 saturated heterocycles. The third-order valence-corrected chi connectivity index (χ3v) is 4.76. The van der Waals surface area contributed by atoms with E-state index in [-0.39, 0.29) is 11.9 Å². The van der Waals surface area contributed by atoms with Crippen molar-refractivity contribution in [3.05, 3.63) is 58.8 Å². The summed E-state index contributed by atoms with van der Waals surface area (Å²) in [6.07, 6.45) is 6.32. The molecule has 8 heteroatoms. The summed E-state index contributed by atoms with van der Waals surface area (Å²) in [5.41, 5.74) is 2.44. The maximum absolute atomic E-state index is 12.5. The van der Waals surface area contributed by atoms with Gasteiger partial charge in [-0.3, -0.25) is 9.48 Å². The summed E-state index contributed by atoms with van der Waals surface area (Å²) in [6, 6.07) is 7.21. The van der Waals surface area contributed by atoms with Crippen LogP contribution in [0, 0.1) is 0 Å². The highest BCUT2D eigenvalue weighted by molar-refractivity contribution is 6.29. The van der Waals surface area contributed by atoms with Crippen molar-refractivity contribution in [1.29, 1.82) is 0 Å². The van der Waals surface area contributed by atoms with E-state index >= 15 is 0 Å². The van der Waals surface area contributed by atoms with E-state index in [0.29, 0.717) is 10.8 Å². The van der Waals surface area contributed by atoms with Crippen LogP contribution in [0.15, 0.2) is 36.7 Å². The van der Waals surface area contributed by atoms with Crippen molar-refractivity contribution < 1.29 is 4.79 Å². The van der Waals surface area contributed by atoms with Gasteiger partial charge in [0.1, 0.15) is 5.15 Å². The van der Waals surface area contributed by atoms with Gasteiger partial charge in [-0.2, -0.15) is 10.2 Å². The highest BCUT2D eigenvalue weighted by Gasteiger charge is 2.27. The van der Waals surface area contributed by atoms with Gasteiger partial charge in [-0.1, -0.05) is 17.7 Å². The SMILES string of the molecule is Cn1nc(C(=O)N[C@@H]2CCCc3c2cnn3-c2ccccn2)cc1Cl. The smallest absolute Gasteiger partial charge is 0.272 e. The number of aromatic nitrogens is 5. The van der Waals surface area contributed by atoms with Crippen LogP contribution in [0.25, 0.3) is 5.82 Å². The quantitative estimate of drug-likeness (QED) is 0.782. The molecule has 0 aromatic carbocycles. The van der Waals surface area contributed by atoms with E-state index in [1.54, 1.807) is 19.3 Å². The minimum atomic E-state index is -0.231. The van der Waals surface area contributed by atoms with Gasteiger partial charge in [0, 0.05) is 24.9 Å². The lowest BCUT2D eigenvalue weighted by atomic mass is 9.93. The van der Waals surface area contributed by atoms with Gasteiger partial charge >= 0.3 is 0 Å². The van der Waals surface area contributed by atoms with E-state index in [4.69, 9.17) is 11.6 Å². The van der Waals surface area contributed by atoms with E-state index < -0.39 is 0 Å². The van der Waals surface area contributed by atoms with E-state index in [2.05, 4.69) is 20.5 Å². The Kier molecular flexibility index (Phi) is 4.01. The van der Waals surface area contributed by atoms with Crippen LogP contribution in [0.2, 0.25) is 5.15 Å². The fraction of sp³-hybridized carbons (Fsp3) is 0.294. The third kappa shape index (κ3) is 2.91. The predicted molar refractivity (Wildman–Crippen MR) is 92.7 cm³/mol. The summed E-state index contributed by atoms with van der Waals surface area (Å²) in [7, 11) is 1.70. The fourth-order valence-corrected chi connectivity index (χ4v) is 3.31. The van der Waals surface area contributed by atoms with Gasteiger partial charge in [0.05, 0.1) is 17.9 Å². The molecule has 0 unspecified atom stereocenters. The van der Waals surface area contributed by atoms with E-state index in [9.17, 15) is 4.79 Å². The number of halogens is 1. The average Bonchev–Trinajstić information content (AvgIpc) is 3.20. The molecule has 4 rings (SSSR count). The maximum atomic E-state index is 12.5. The molecule has 0 radical (unpaired) electrons. The Morgan fingerprint density at radius 1 is 1.40 bits per heavy atom. The molecule has 1 aliphatic carbocycles. The first-order valence-corrected chi connectivity index (χ1v) is 8.50. The summed E-state index contributed by atoms with van der Waals surface area (Å²) >= 11 is 5.97. The van der Waals surface area contributed by atoms with Crippen molar-refractivity contribution in [2.45, 2.75) is 25.3 Å². The second-order valence-corrected chi connectivity index (χ2v) is 6.43. The zero-order chi connectivity index (χ0) is 17.4. The number of hydrogen-bond donors (Lipinski definition) is 1. The molecule has 3 aromatic heterocycles. The lowest BCUT2D eigenvalue weighted by molar-refractivity contribution is 0.0927. The van der Waals surface area contributed by atoms with Crippen molar-refractivity contribution in [3.63, 3.8) is 0 Å². The number of carbonyl (C=O) groups is 1. The summed E-state index contributed by atoms with van der Waals surface area (Å²) in [6.45, 7) is 0. The van der Waals surface area contributed by atoms with E-state index in [1.165, 1.54) is 4.68 Å². The van der Waals surface area contributed by atoms with Crippen LogP contribution >= 0.6 is 11.6 Å². The van der Waals surface area contributed by atoms with Crippen molar-refractivity contribution in [1.82, 2.24) is 29.9 Å². The number of fused-ring (bicyclic) bond motifs is 1. The number of nitrogens with one attached hydrogen (secondary N) is 1. The minimum absolute atomic E-state index is 0.0884. The molecular weight excluding hydrogens is 340 g/mol. The standard InChI is InChI=1S/C17H17ClN6O/c1-23-15(18)9-13(22-23)17(25)21-12-5-4-6-14-11(12)10-20-24(14)16-7-2-3-8-19-16/h2-3,7-10,12H,4-6H2,1H3,(H,21,25)/t12-/m1/s1. The molecular formula is C17H17ClN6O. The predicted octanol–water partition coefficient (Wildman–Crippen LogP) is 2.46. The molecule has 7 nitrogen and oxygen atoms in total. The molecule has 3 heterocycles. The first-order chi connectivity index (χ1) is 12.1. The van der Waals surface area contributed by atoms with Gasteiger partial charge in [-0.15, -0.1) is 0 Å². The molecule has 1 atom stereocenters. The zero-order valence-electron chi connectivity index (χ0n) is 13.7. The Morgan fingerprint density at radius 2 is 2.28 bits per heavy atom. The van der Waals surface area contributed by atoms with Crippen LogP contribution in [0.3, 0.4) is 0 Å². The van der Waals surface area contributed by atoms with Crippen LogP contribution in [0.5, 0.6) is 0 Å². The Morgan fingerprint density at radius 3 is 3.00 bits per heavy atom. The normalized spacial score (nSPS) is 16.5. The van der Waals surface area contributed by atoms with Crippen LogP contribution in [-0.4, -0.2) is 30.5 Å². The molecule has 3 aromatic rings. The second-order valence-electron chi connectivity index (χ2n) is 6.04. The lowest BCUT2D eigenvalue weighted by Gasteiger charge is -2.23. The largest absolute Gasteiger partial charge is 0.344 e. The number of rotatable bonds is 3. The molecule has 0 fully saturated rings. The van der Waals surface area contributed by atoms with Gasteiger partial charge in [-0.25, -0.2) is 9.67 Å². The first kappa shape index (κ1) is 15.8. The molecule has 0 bridgehead atoms. The Hall–Kier alpha value is -2.67. The van der Waals surface area contributed by atoms with Crippen molar-refractivity contribution in [2.75, 3.05) is 0 Å². The molecule has 0 saturated carbocycles. The van der Waals surface area contributed by atoms with Gasteiger partial charge in [0.2, 0.25) is 0 Å². The summed E-state index contributed by atoms with van der Waals surface area (Å²) in [4.78, 5) is 16.8. The second kappa shape index (κ2) is 6.33. The van der Waals surface area contributed by atoms with Gasteiger partial charge < -0.3 is 5.32 Å². The topological polar surface area (TPSA) is 77.6 Å². The minimum Gasteiger partial charge on any atom is -0.344 e. The molecule has 1 N–H and O–H groups in total. The Labute approximate surface area is 149 Å². The average molecular weight is 357 g/mol. The van der Waals surface area contributed by atoms with Crippen LogP contribution < -0.4 is 5.32 Å². The maximum Gasteiger partial charge on any atom is 0.272 e. The van der Waals surface area contributed by atoms with Gasteiger partial charge in [-0.05, 0) is 31.4 Å². The van der Waals surface area contributed by atoms with Crippen LogP contribution in [-0.2, 0) is 13.5 Å². The number of nitrogens with zero attached hydrogens (tertiary/aromatic N) is 5. The third-order valence-electron chi connectivity index (χ3n) is 4.41. The van der Waals surface area contributed by atoms with E-state index in [1.807, 2.05) is 29.1 Å². The number of amides is 1.